The maximum atomic E-state index is 13.3. The van der Waals surface area contributed by atoms with Gasteiger partial charge in [-0.15, -0.1) is 5.73 Å². The molecule has 4 aromatic rings. The molecule has 2 radical (unpaired) electrons. The number of para-hydroxylation sites is 1. The van der Waals surface area contributed by atoms with Crippen molar-refractivity contribution in [2.75, 3.05) is 5.32 Å². The second-order valence-electron chi connectivity index (χ2n) is 8.75. The molecule has 0 bridgehead atoms. The summed E-state index contributed by atoms with van der Waals surface area (Å²) in [4.78, 5) is 12.1. The predicted octanol–water partition coefficient (Wildman–Crippen LogP) is 4.28. The number of urea groups is 1. The van der Waals surface area contributed by atoms with Gasteiger partial charge in [-0.1, -0.05) is 47.9 Å². The van der Waals surface area contributed by atoms with Gasteiger partial charge in [0.2, 0.25) is 0 Å². The number of benzene rings is 3. The van der Waals surface area contributed by atoms with Crippen molar-refractivity contribution in [2.45, 2.75) is 13.1 Å². The Morgan fingerprint density at radius 2 is 1.74 bits per heavy atom. The fourth-order valence-corrected chi connectivity index (χ4v) is 3.97. The lowest BCUT2D eigenvalue weighted by molar-refractivity contribution is 0.251. The summed E-state index contributed by atoms with van der Waals surface area (Å²) >= 11 is 0. The lowest BCUT2D eigenvalue weighted by Crippen LogP contribution is -2.28. The molecule has 0 aliphatic carbocycles. The first-order valence-electron chi connectivity index (χ1n) is 12.0. The molecule has 2 heterocycles. The number of amides is 2. The average molecular weight is 521 g/mol. The van der Waals surface area contributed by atoms with Crippen LogP contribution in [0.25, 0.3) is 17.5 Å². The van der Waals surface area contributed by atoms with Crippen LogP contribution in [0.5, 0.6) is 5.75 Å². The first-order chi connectivity index (χ1) is 18.9. The maximum absolute atomic E-state index is 13.3. The quantitative estimate of drug-likeness (QED) is 0.216. The van der Waals surface area contributed by atoms with Crippen molar-refractivity contribution < 1.29 is 18.7 Å². The number of nitrogens with zero attached hydrogens (tertiary/aromatic N) is 2. The Morgan fingerprint density at radius 1 is 1.00 bits per heavy atom. The summed E-state index contributed by atoms with van der Waals surface area (Å²) < 4.78 is 28.1. The molecule has 1 aromatic heterocycles. The third-order valence-electron chi connectivity index (χ3n) is 6.03. The number of carbonyl (C=O) groups is 1. The molecule has 192 valence electrons. The van der Waals surface area contributed by atoms with Crippen LogP contribution in [-0.2, 0) is 13.1 Å². The van der Waals surface area contributed by atoms with Gasteiger partial charge in [-0.2, -0.15) is 5.10 Å². The first kappa shape index (κ1) is 25.6. The highest BCUT2D eigenvalue weighted by atomic mass is 19.2. The van der Waals surface area contributed by atoms with Crippen molar-refractivity contribution in [1.29, 1.82) is 0 Å². The summed E-state index contributed by atoms with van der Waals surface area (Å²) in [5.41, 5.74) is 7.64. The van der Waals surface area contributed by atoms with E-state index in [4.69, 9.17) is 7.85 Å². The number of carbonyl (C=O) groups excluding carboxylic acids is 1. The van der Waals surface area contributed by atoms with Crippen molar-refractivity contribution in [3.63, 3.8) is 0 Å². The van der Waals surface area contributed by atoms with Crippen LogP contribution in [0.3, 0.4) is 0 Å². The van der Waals surface area contributed by atoms with Gasteiger partial charge in [-0.05, 0) is 35.4 Å². The molecule has 10 heteroatoms. The largest absolute Gasteiger partial charge is 0.507 e. The van der Waals surface area contributed by atoms with Gasteiger partial charge in [0.15, 0.2) is 11.6 Å². The molecule has 0 unspecified atom stereocenters. The Morgan fingerprint density at radius 3 is 2.49 bits per heavy atom. The molecular weight excluding hydrogens is 499 g/mol. The van der Waals surface area contributed by atoms with Crippen LogP contribution >= 0.6 is 0 Å². The lowest BCUT2D eigenvalue weighted by Gasteiger charge is -2.14. The normalized spacial score (nSPS) is 12.2. The maximum Gasteiger partial charge on any atom is 0.319 e. The standard InChI is InChI=1S/C29H22BF2N5O2/c30-23-17-35-37-26(23)12-9-20(22-3-1-2-4-27(22)38)13-28(37)33-15-18-5-7-19(8-6-18)16-34-29(39)36-21-10-11-24(31)25(32)14-21/h1-8,10-14,17,33,38H,15-16H2,(H2,34,36,39). The Balaban J connectivity index is 1.23. The lowest BCUT2D eigenvalue weighted by atomic mass is 9.97. The number of hydrogen-bond donors (Lipinski definition) is 4. The fourth-order valence-electron chi connectivity index (χ4n) is 3.97. The van der Waals surface area contributed by atoms with Gasteiger partial charge in [-0.25, -0.2) is 18.3 Å². The predicted molar refractivity (Wildman–Crippen MR) is 147 cm³/mol. The Labute approximate surface area is 224 Å². The highest BCUT2D eigenvalue weighted by Gasteiger charge is 2.15. The molecule has 3 aromatic carbocycles. The summed E-state index contributed by atoms with van der Waals surface area (Å²) in [6.45, 7) is 0.702. The van der Waals surface area contributed by atoms with E-state index in [-0.39, 0.29) is 18.0 Å². The minimum Gasteiger partial charge on any atom is -0.507 e. The van der Waals surface area contributed by atoms with Gasteiger partial charge < -0.3 is 21.1 Å². The van der Waals surface area contributed by atoms with Crippen molar-refractivity contribution in [1.82, 2.24) is 20.4 Å². The number of aromatic hydroxyl groups is 1. The Kier molecular flexibility index (Phi) is 7.29. The van der Waals surface area contributed by atoms with Crippen molar-refractivity contribution in [2.24, 2.45) is 0 Å². The van der Waals surface area contributed by atoms with Gasteiger partial charge in [-0.3, -0.25) is 0 Å². The second kappa shape index (κ2) is 11.1. The molecule has 39 heavy (non-hydrogen) atoms. The van der Waals surface area contributed by atoms with E-state index in [2.05, 4.69) is 26.8 Å². The number of halogens is 2. The van der Waals surface area contributed by atoms with Crippen LogP contribution in [0.4, 0.5) is 19.3 Å². The highest BCUT2D eigenvalue weighted by Crippen LogP contribution is 2.28. The van der Waals surface area contributed by atoms with E-state index in [9.17, 15) is 18.7 Å². The van der Waals surface area contributed by atoms with Crippen LogP contribution in [0.15, 0.2) is 84.7 Å². The fraction of sp³-hybridized carbons (Fsp3) is 0.0690. The molecule has 1 aliphatic rings. The molecule has 0 saturated carbocycles. The van der Waals surface area contributed by atoms with E-state index in [0.29, 0.717) is 34.7 Å². The summed E-state index contributed by atoms with van der Waals surface area (Å²) in [5.74, 6) is -1.23. The van der Waals surface area contributed by atoms with Crippen LogP contribution in [0.1, 0.15) is 22.4 Å². The monoisotopic (exact) mass is 521 g/mol. The topological polar surface area (TPSA) is 91.2 Å². The average Bonchev–Trinajstić information content (AvgIpc) is 3.19. The van der Waals surface area contributed by atoms with Crippen molar-refractivity contribution >= 4 is 42.5 Å². The van der Waals surface area contributed by atoms with E-state index in [1.165, 1.54) is 6.07 Å². The highest BCUT2D eigenvalue weighted by molar-refractivity contribution is 6.34. The smallest absolute Gasteiger partial charge is 0.319 e. The molecular formula is C29H22BF2N5O2. The molecule has 0 atom stereocenters. The summed E-state index contributed by atoms with van der Waals surface area (Å²) in [6, 6.07) is 17.2. The van der Waals surface area contributed by atoms with Gasteiger partial charge in [0.25, 0.3) is 0 Å². The molecule has 0 saturated heterocycles. The zero-order valence-corrected chi connectivity index (χ0v) is 20.6. The number of aromatic nitrogens is 2. The Hall–Kier alpha value is -5.08. The summed E-state index contributed by atoms with van der Waals surface area (Å²) in [6.07, 6.45) is 5.15. The minimum atomic E-state index is -1.04. The van der Waals surface area contributed by atoms with Gasteiger partial charge >= 0.3 is 6.03 Å². The molecule has 2 amide bonds. The van der Waals surface area contributed by atoms with Crippen LogP contribution in [0.2, 0.25) is 0 Å². The van der Waals surface area contributed by atoms with Crippen molar-refractivity contribution in [3.05, 3.63) is 119 Å². The van der Waals surface area contributed by atoms with E-state index >= 15 is 0 Å². The van der Waals surface area contributed by atoms with Gasteiger partial charge in [0.05, 0.1) is 5.69 Å². The molecule has 0 spiro atoms. The SMILES string of the molecule is [B]c1cnn2c1C=C=C(c1ccccc1O)C=C2NCc1ccc(CNC(=O)Nc2ccc(F)c(F)c2)cc1. The van der Waals surface area contributed by atoms with Crippen LogP contribution < -0.4 is 21.4 Å². The van der Waals surface area contributed by atoms with Crippen LogP contribution in [-0.4, -0.2) is 28.8 Å². The number of anilines is 1. The third kappa shape index (κ3) is 5.92. The number of rotatable bonds is 7. The molecule has 0 fully saturated rings. The molecule has 7 nitrogen and oxygen atoms in total. The van der Waals surface area contributed by atoms with Crippen LogP contribution in [0, 0.1) is 11.6 Å². The third-order valence-corrected chi connectivity index (χ3v) is 6.03. The minimum absolute atomic E-state index is 0.138. The molecule has 1 aliphatic heterocycles. The number of nitrogens with one attached hydrogen (secondary N) is 3. The number of phenols is 1. The summed E-state index contributed by atoms with van der Waals surface area (Å²) in [5, 5.41) is 23.2. The summed E-state index contributed by atoms with van der Waals surface area (Å²) in [7, 11) is 6.10. The van der Waals surface area contributed by atoms with Gasteiger partial charge in [0.1, 0.15) is 19.4 Å². The second-order valence-corrected chi connectivity index (χ2v) is 8.75. The van der Waals surface area contributed by atoms with Crippen molar-refractivity contribution in [3.8, 4) is 5.75 Å². The van der Waals surface area contributed by atoms with Gasteiger partial charge in [0, 0.05) is 48.3 Å². The van der Waals surface area contributed by atoms with E-state index < -0.39 is 17.7 Å². The molecule has 4 N–H and O–H groups in total. The first-order valence-corrected chi connectivity index (χ1v) is 12.0. The zero-order valence-electron chi connectivity index (χ0n) is 20.6. The molecule has 5 rings (SSSR count). The number of fused-ring (bicyclic) bond motifs is 1. The van der Waals surface area contributed by atoms with E-state index in [0.717, 1.165) is 23.3 Å². The van der Waals surface area contributed by atoms with E-state index in [1.54, 1.807) is 29.1 Å². The Bertz CT molecular complexity index is 1640. The number of phenolic OH excluding ortho intramolecular Hbond substituents is 1. The number of allylic oxidation sites excluding steroid dienone is 2. The number of hydrogen-bond acceptors (Lipinski definition) is 4. The zero-order chi connectivity index (χ0) is 27.4. The van der Waals surface area contributed by atoms with E-state index in [1.807, 2.05) is 42.5 Å².